The lowest BCUT2D eigenvalue weighted by Crippen LogP contribution is -2.63. The lowest BCUT2D eigenvalue weighted by molar-refractivity contribution is -0.338. The second kappa shape index (κ2) is 3.51. The van der Waals surface area contributed by atoms with Crippen LogP contribution >= 0.6 is 0 Å². The number of hydrogen-bond acceptors (Lipinski definition) is 5. The van der Waals surface area contributed by atoms with Crippen molar-refractivity contribution in [2.75, 3.05) is 6.61 Å². The largest absolute Gasteiger partial charge is 0.388 e. The van der Waals surface area contributed by atoms with E-state index < -0.39 is 24.1 Å². The quantitative estimate of drug-likeness (QED) is 0.403. The molecule has 0 aromatic rings. The number of hydrogen-bond donors (Lipinski definition) is 4. The van der Waals surface area contributed by atoms with Crippen molar-refractivity contribution in [3.8, 4) is 0 Å². The molecule has 1 aliphatic rings. The maximum Gasteiger partial charge on any atom is 0.197 e. The first-order valence-electron chi connectivity index (χ1n) is 4.30. The maximum absolute atomic E-state index is 9.76. The molecule has 0 radical (unpaired) electrons. The van der Waals surface area contributed by atoms with Crippen LogP contribution in [-0.4, -0.2) is 51.1 Å². The van der Waals surface area contributed by atoms with Crippen molar-refractivity contribution in [2.24, 2.45) is 5.92 Å². The fourth-order valence-corrected chi connectivity index (χ4v) is 1.37. The van der Waals surface area contributed by atoms with Gasteiger partial charge in [0.1, 0.15) is 18.3 Å². The van der Waals surface area contributed by atoms with Gasteiger partial charge in [-0.2, -0.15) is 0 Å². The van der Waals surface area contributed by atoms with E-state index >= 15 is 0 Å². The summed E-state index contributed by atoms with van der Waals surface area (Å²) in [5.74, 6) is -2.12. The third-order valence-electron chi connectivity index (χ3n) is 2.45. The molecule has 5 nitrogen and oxygen atoms in total. The molecular formula is C8H16O5. The second-order valence-corrected chi connectivity index (χ2v) is 3.72. The van der Waals surface area contributed by atoms with E-state index in [-0.39, 0.29) is 12.5 Å². The van der Waals surface area contributed by atoms with Crippen LogP contribution in [0.5, 0.6) is 0 Å². The average molecular weight is 192 g/mol. The average Bonchev–Trinajstić information content (AvgIpc) is 2.08. The van der Waals surface area contributed by atoms with Crippen LogP contribution in [0.4, 0.5) is 0 Å². The molecule has 1 rings (SSSR count). The van der Waals surface area contributed by atoms with E-state index in [0.29, 0.717) is 0 Å². The highest BCUT2D eigenvalue weighted by molar-refractivity contribution is 4.92. The fourth-order valence-electron chi connectivity index (χ4n) is 1.37. The highest BCUT2D eigenvalue weighted by Gasteiger charge is 2.50. The first kappa shape index (κ1) is 10.9. The zero-order valence-electron chi connectivity index (χ0n) is 7.71. The summed E-state index contributed by atoms with van der Waals surface area (Å²) in [7, 11) is 0. The van der Waals surface area contributed by atoms with Crippen molar-refractivity contribution in [3.05, 3.63) is 0 Å². The summed E-state index contributed by atoms with van der Waals surface area (Å²) in [5.41, 5.74) is 0. The highest BCUT2D eigenvalue weighted by Crippen LogP contribution is 2.30. The van der Waals surface area contributed by atoms with Crippen molar-refractivity contribution in [2.45, 2.75) is 37.9 Å². The highest BCUT2D eigenvalue weighted by atomic mass is 16.6. The first-order chi connectivity index (χ1) is 5.89. The van der Waals surface area contributed by atoms with E-state index in [1.807, 2.05) is 0 Å². The van der Waals surface area contributed by atoms with Crippen molar-refractivity contribution in [1.82, 2.24) is 0 Å². The monoisotopic (exact) mass is 192 g/mol. The Bertz CT molecular complexity index is 183. The predicted molar refractivity (Wildman–Crippen MR) is 43.8 cm³/mol. The van der Waals surface area contributed by atoms with Crippen LogP contribution in [0.15, 0.2) is 0 Å². The Balaban J connectivity index is 2.79. The number of rotatable bonds is 1. The molecule has 0 saturated carbocycles. The molecule has 78 valence electrons. The van der Waals surface area contributed by atoms with Crippen molar-refractivity contribution in [3.63, 3.8) is 0 Å². The van der Waals surface area contributed by atoms with Gasteiger partial charge in [0.2, 0.25) is 0 Å². The van der Waals surface area contributed by atoms with Gasteiger partial charge >= 0.3 is 0 Å². The predicted octanol–water partition coefficient (Wildman–Crippen LogP) is -1.56. The van der Waals surface area contributed by atoms with E-state index in [9.17, 15) is 15.3 Å². The van der Waals surface area contributed by atoms with Gasteiger partial charge in [-0.05, 0) is 0 Å². The van der Waals surface area contributed by atoms with Crippen LogP contribution in [0.1, 0.15) is 13.8 Å². The molecule has 0 spiro atoms. The second-order valence-electron chi connectivity index (χ2n) is 3.72. The molecular weight excluding hydrogens is 176 g/mol. The first-order valence-corrected chi connectivity index (χ1v) is 4.30. The Morgan fingerprint density at radius 1 is 1.31 bits per heavy atom. The Kier molecular flexibility index (Phi) is 2.94. The van der Waals surface area contributed by atoms with Crippen molar-refractivity contribution in [1.29, 1.82) is 0 Å². The van der Waals surface area contributed by atoms with Gasteiger partial charge < -0.3 is 25.2 Å². The molecule has 1 aliphatic heterocycles. The Morgan fingerprint density at radius 2 is 1.85 bits per heavy atom. The van der Waals surface area contributed by atoms with Crippen LogP contribution in [0, 0.1) is 5.92 Å². The molecule has 0 aliphatic carbocycles. The summed E-state index contributed by atoms with van der Waals surface area (Å²) in [6.07, 6.45) is -3.98. The Morgan fingerprint density at radius 3 is 2.31 bits per heavy atom. The van der Waals surface area contributed by atoms with Gasteiger partial charge in [-0.3, -0.25) is 0 Å². The molecule has 1 saturated heterocycles. The van der Waals surface area contributed by atoms with Gasteiger partial charge in [-0.25, -0.2) is 0 Å². The van der Waals surface area contributed by atoms with E-state index in [2.05, 4.69) is 0 Å². The molecule has 1 heterocycles. The Labute approximate surface area is 76.6 Å². The molecule has 1 fully saturated rings. The van der Waals surface area contributed by atoms with E-state index in [4.69, 9.17) is 9.84 Å². The molecule has 0 aromatic carbocycles. The van der Waals surface area contributed by atoms with Crippen LogP contribution in [0.2, 0.25) is 0 Å². The van der Waals surface area contributed by atoms with Gasteiger partial charge in [-0.15, -0.1) is 0 Å². The molecule has 4 N–H and O–H groups in total. The number of ether oxygens (including phenoxy) is 1. The summed E-state index contributed by atoms with van der Waals surface area (Å²) in [5, 5.41) is 37.6. The molecule has 0 amide bonds. The summed E-state index contributed by atoms with van der Waals surface area (Å²) in [4.78, 5) is 0. The van der Waals surface area contributed by atoms with Gasteiger partial charge in [0.05, 0.1) is 6.61 Å². The fraction of sp³-hybridized carbons (Fsp3) is 1.00. The zero-order chi connectivity index (χ0) is 10.2. The minimum atomic E-state index is -1.77. The number of aliphatic hydroxyl groups excluding tert-OH is 3. The standard InChI is InChI=1S/C8H16O5/c1-4(2)8(12)7(11)6(10)5(9)3-13-8/h4-7,9-12H,3H2,1-2H3/t5-,6+,7-,8?/m1/s1. The minimum Gasteiger partial charge on any atom is -0.388 e. The summed E-state index contributed by atoms with van der Waals surface area (Å²) >= 11 is 0. The SMILES string of the molecule is CC(C)C1(O)OC[C@@H](O)[C@H](O)[C@H]1O. The molecule has 1 unspecified atom stereocenters. The topological polar surface area (TPSA) is 90.2 Å². The van der Waals surface area contributed by atoms with Crippen molar-refractivity contribution >= 4 is 0 Å². The molecule has 4 atom stereocenters. The Hall–Kier alpha value is -0.200. The third-order valence-corrected chi connectivity index (χ3v) is 2.45. The molecule has 13 heavy (non-hydrogen) atoms. The summed E-state index contributed by atoms with van der Waals surface area (Å²) in [6, 6.07) is 0. The minimum absolute atomic E-state index is 0.174. The van der Waals surface area contributed by atoms with E-state index in [0.717, 1.165) is 0 Å². The van der Waals surface area contributed by atoms with Gasteiger partial charge in [-0.1, -0.05) is 13.8 Å². The van der Waals surface area contributed by atoms with Crippen LogP contribution in [0.25, 0.3) is 0 Å². The van der Waals surface area contributed by atoms with Crippen LogP contribution in [0.3, 0.4) is 0 Å². The van der Waals surface area contributed by atoms with Gasteiger partial charge in [0.25, 0.3) is 0 Å². The lowest BCUT2D eigenvalue weighted by atomic mass is 9.89. The third kappa shape index (κ3) is 1.70. The van der Waals surface area contributed by atoms with Crippen LogP contribution in [-0.2, 0) is 4.74 Å². The van der Waals surface area contributed by atoms with Gasteiger partial charge in [0, 0.05) is 5.92 Å². The summed E-state index contributed by atoms with van der Waals surface area (Å²) in [6.45, 7) is 3.15. The van der Waals surface area contributed by atoms with Crippen LogP contribution < -0.4 is 0 Å². The summed E-state index contributed by atoms with van der Waals surface area (Å²) < 4.78 is 4.92. The molecule has 0 bridgehead atoms. The smallest absolute Gasteiger partial charge is 0.197 e. The van der Waals surface area contributed by atoms with Gasteiger partial charge in [0.15, 0.2) is 5.79 Å². The molecule has 5 heteroatoms. The molecule has 0 aromatic heterocycles. The van der Waals surface area contributed by atoms with Crippen molar-refractivity contribution < 1.29 is 25.2 Å². The lowest BCUT2D eigenvalue weighted by Gasteiger charge is -2.43. The zero-order valence-corrected chi connectivity index (χ0v) is 7.71. The van der Waals surface area contributed by atoms with E-state index in [1.54, 1.807) is 13.8 Å². The van der Waals surface area contributed by atoms with E-state index in [1.165, 1.54) is 0 Å². The number of aliphatic hydroxyl groups is 4. The normalized spacial score (nSPS) is 46.8. The maximum atomic E-state index is 9.76.